The van der Waals surface area contributed by atoms with E-state index in [0.29, 0.717) is 38.8 Å². The number of amides is 4. The smallest absolute Gasteiger partial charge is 0.406 e. The largest absolute Gasteiger partial charge is 0.573 e. The first-order chi connectivity index (χ1) is 16.1. The summed E-state index contributed by atoms with van der Waals surface area (Å²) in [5.41, 5.74) is 0.0310. The Hall–Kier alpha value is -2.76. The predicted molar refractivity (Wildman–Crippen MR) is 115 cm³/mol. The monoisotopic (exact) mass is 490 g/mol. The van der Waals surface area contributed by atoms with E-state index in [2.05, 4.69) is 15.4 Å². The Balaban J connectivity index is 1.67. The van der Waals surface area contributed by atoms with Crippen molar-refractivity contribution in [2.45, 2.75) is 51.2 Å². The van der Waals surface area contributed by atoms with Crippen LogP contribution in [0, 0.1) is 11.7 Å². The summed E-state index contributed by atoms with van der Waals surface area (Å²) in [7, 11) is 1.55. The van der Waals surface area contributed by atoms with E-state index in [-0.39, 0.29) is 36.1 Å². The number of ether oxygens (including phenoxy) is 2. The van der Waals surface area contributed by atoms with E-state index in [9.17, 15) is 27.2 Å². The molecule has 8 nitrogen and oxygen atoms in total. The fourth-order valence-corrected chi connectivity index (χ4v) is 4.22. The standard InChI is InChI=1S/C22H30F4N4O4/c1-3-33-13-14-8-17(12-29(11-14)20(31)27-2)30(16-5-6-16)21(32)28-10-15-4-7-18(9-19(15)23)34-22(24,25)26/h4,7,9,14,16-17H,3,5-6,8,10-13H2,1-2H3,(H,27,31)(H,28,32)/t14-,17+/m0/s1. The summed E-state index contributed by atoms with van der Waals surface area (Å²) in [6, 6.07) is 1.92. The molecule has 3 rings (SSSR count). The lowest BCUT2D eigenvalue weighted by molar-refractivity contribution is -0.274. The first-order valence-electron chi connectivity index (χ1n) is 11.3. The number of benzene rings is 1. The van der Waals surface area contributed by atoms with Gasteiger partial charge in [0.15, 0.2) is 0 Å². The lowest BCUT2D eigenvalue weighted by Crippen LogP contribution is -2.58. The maximum atomic E-state index is 14.3. The molecule has 1 saturated carbocycles. The third-order valence-electron chi connectivity index (χ3n) is 5.83. The maximum absolute atomic E-state index is 14.3. The Morgan fingerprint density at radius 2 is 1.94 bits per heavy atom. The van der Waals surface area contributed by atoms with Crippen molar-refractivity contribution >= 4 is 12.1 Å². The zero-order valence-corrected chi connectivity index (χ0v) is 19.2. The number of likely N-dealkylation sites (tertiary alicyclic amines) is 1. The van der Waals surface area contributed by atoms with Crippen molar-refractivity contribution in [3.8, 4) is 5.75 Å². The molecule has 4 amide bonds. The van der Waals surface area contributed by atoms with Gasteiger partial charge in [0, 0.05) is 56.9 Å². The highest BCUT2D eigenvalue weighted by Gasteiger charge is 2.42. The Kier molecular flexibility index (Phi) is 8.45. The van der Waals surface area contributed by atoms with Gasteiger partial charge in [-0.2, -0.15) is 0 Å². The summed E-state index contributed by atoms with van der Waals surface area (Å²) in [6.45, 7) is 3.60. The van der Waals surface area contributed by atoms with Gasteiger partial charge in [-0.15, -0.1) is 13.2 Å². The van der Waals surface area contributed by atoms with Crippen molar-refractivity contribution in [2.75, 3.05) is 33.4 Å². The van der Waals surface area contributed by atoms with Gasteiger partial charge in [-0.3, -0.25) is 0 Å². The molecule has 1 aromatic rings. The molecule has 2 N–H and O–H groups in total. The third-order valence-corrected chi connectivity index (χ3v) is 5.83. The maximum Gasteiger partial charge on any atom is 0.573 e. The van der Waals surface area contributed by atoms with E-state index in [1.54, 1.807) is 16.8 Å². The topological polar surface area (TPSA) is 83.1 Å². The average molecular weight is 490 g/mol. The molecule has 2 aliphatic rings. The molecule has 0 unspecified atom stereocenters. The molecular formula is C22H30F4N4O4. The van der Waals surface area contributed by atoms with Gasteiger partial charge in [-0.05, 0) is 32.3 Å². The van der Waals surface area contributed by atoms with Crippen LogP contribution in [0.4, 0.5) is 27.2 Å². The Morgan fingerprint density at radius 3 is 2.53 bits per heavy atom. The SMILES string of the molecule is CCOC[C@H]1C[C@@H](N(C(=O)NCc2ccc(OC(F)(F)F)cc2F)C2CC2)CN(C(=O)NC)C1. The summed E-state index contributed by atoms with van der Waals surface area (Å²) in [5, 5.41) is 5.30. The quantitative estimate of drug-likeness (QED) is 0.547. The molecule has 190 valence electrons. The summed E-state index contributed by atoms with van der Waals surface area (Å²) >= 11 is 0. The molecule has 0 aromatic heterocycles. The molecule has 0 radical (unpaired) electrons. The highest BCUT2D eigenvalue weighted by Crippen LogP contribution is 2.33. The van der Waals surface area contributed by atoms with Gasteiger partial charge >= 0.3 is 18.4 Å². The number of carbonyl (C=O) groups is 2. The lowest BCUT2D eigenvalue weighted by atomic mass is 9.93. The molecule has 1 saturated heterocycles. The molecule has 2 atom stereocenters. The van der Waals surface area contributed by atoms with Crippen molar-refractivity contribution in [3.63, 3.8) is 0 Å². The highest BCUT2D eigenvalue weighted by molar-refractivity contribution is 5.76. The van der Waals surface area contributed by atoms with Gasteiger partial charge in [0.25, 0.3) is 0 Å². The molecule has 34 heavy (non-hydrogen) atoms. The van der Waals surface area contributed by atoms with Gasteiger partial charge in [-0.25, -0.2) is 14.0 Å². The number of nitrogens with zero attached hydrogens (tertiary/aromatic N) is 2. The van der Waals surface area contributed by atoms with Gasteiger partial charge in [-0.1, -0.05) is 6.07 Å². The van der Waals surface area contributed by atoms with Crippen LogP contribution in [0.15, 0.2) is 18.2 Å². The first-order valence-corrected chi connectivity index (χ1v) is 11.3. The number of hydrogen-bond donors (Lipinski definition) is 2. The van der Waals surface area contributed by atoms with E-state index in [0.717, 1.165) is 25.0 Å². The van der Waals surface area contributed by atoms with Gasteiger partial charge in [0.05, 0.1) is 12.6 Å². The number of rotatable bonds is 8. The zero-order chi connectivity index (χ0) is 24.9. The fourth-order valence-electron chi connectivity index (χ4n) is 4.22. The molecule has 12 heteroatoms. The van der Waals surface area contributed by atoms with Crippen molar-refractivity contribution in [1.82, 2.24) is 20.4 Å². The van der Waals surface area contributed by atoms with Crippen molar-refractivity contribution in [2.24, 2.45) is 5.92 Å². The number of urea groups is 2. The number of piperidine rings is 1. The number of alkyl halides is 3. The molecule has 2 fully saturated rings. The van der Waals surface area contributed by atoms with E-state index >= 15 is 0 Å². The van der Waals surface area contributed by atoms with Crippen molar-refractivity contribution in [1.29, 1.82) is 0 Å². The number of carbonyl (C=O) groups excluding carboxylic acids is 2. The first kappa shape index (κ1) is 25.9. The second-order valence-corrected chi connectivity index (χ2v) is 8.47. The fraction of sp³-hybridized carbons (Fsp3) is 0.636. The molecule has 1 heterocycles. The van der Waals surface area contributed by atoms with Crippen LogP contribution in [0.25, 0.3) is 0 Å². The van der Waals surface area contributed by atoms with Gasteiger partial charge in [0.2, 0.25) is 0 Å². The van der Waals surface area contributed by atoms with Gasteiger partial charge in [0.1, 0.15) is 11.6 Å². The van der Waals surface area contributed by atoms with E-state index in [1.165, 1.54) is 0 Å². The third kappa shape index (κ3) is 7.12. The van der Waals surface area contributed by atoms with Crippen LogP contribution in [0.3, 0.4) is 0 Å². The minimum atomic E-state index is -4.92. The summed E-state index contributed by atoms with van der Waals surface area (Å²) in [4.78, 5) is 28.8. The molecule has 1 aliphatic heterocycles. The Labute approximate surface area is 195 Å². The summed E-state index contributed by atoms with van der Waals surface area (Å²) in [6.07, 6.45) is -2.60. The highest BCUT2D eigenvalue weighted by atomic mass is 19.4. The van der Waals surface area contributed by atoms with Crippen molar-refractivity contribution in [3.05, 3.63) is 29.6 Å². The van der Waals surface area contributed by atoms with Crippen LogP contribution >= 0.6 is 0 Å². The normalized spacial score (nSPS) is 20.6. The van der Waals surface area contributed by atoms with E-state index in [4.69, 9.17) is 4.74 Å². The molecule has 1 aliphatic carbocycles. The minimum absolute atomic E-state index is 0.0230. The van der Waals surface area contributed by atoms with Crippen LogP contribution in [0.1, 0.15) is 31.7 Å². The second kappa shape index (κ2) is 11.1. The Morgan fingerprint density at radius 1 is 1.21 bits per heavy atom. The molecule has 0 bridgehead atoms. The summed E-state index contributed by atoms with van der Waals surface area (Å²) < 4.78 is 60.5. The average Bonchev–Trinajstić information content (AvgIpc) is 3.60. The van der Waals surface area contributed by atoms with Crippen LogP contribution < -0.4 is 15.4 Å². The Bertz CT molecular complexity index is 866. The van der Waals surface area contributed by atoms with Crippen LogP contribution in [-0.2, 0) is 11.3 Å². The number of halogens is 4. The van der Waals surface area contributed by atoms with E-state index in [1.807, 2.05) is 6.92 Å². The van der Waals surface area contributed by atoms with E-state index < -0.39 is 24.0 Å². The molecular weight excluding hydrogens is 460 g/mol. The lowest BCUT2D eigenvalue weighted by Gasteiger charge is -2.42. The van der Waals surface area contributed by atoms with Crippen LogP contribution in [0.2, 0.25) is 0 Å². The molecule has 1 aromatic carbocycles. The van der Waals surface area contributed by atoms with Crippen LogP contribution in [-0.4, -0.2) is 73.7 Å². The zero-order valence-electron chi connectivity index (χ0n) is 19.2. The number of hydrogen-bond acceptors (Lipinski definition) is 4. The number of nitrogens with one attached hydrogen (secondary N) is 2. The molecule has 0 spiro atoms. The van der Waals surface area contributed by atoms with Crippen molar-refractivity contribution < 1.29 is 36.6 Å². The van der Waals surface area contributed by atoms with Crippen LogP contribution in [0.5, 0.6) is 5.75 Å². The minimum Gasteiger partial charge on any atom is -0.406 e. The second-order valence-electron chi connectivity index (χ2n) is 8.47. The predicted octanol–water partition coefficient (Wildman–Crippen LogP) is 3.46. The summed E-state index contributed by atoms with van der Waals surface area (Å²) in [5.74, 6) is -1.53. The van der Waals surface area contributed by atoms with Gasteiger partial charge < -0.3 is 29.9 Å².